The minimum Gasteiger partial charge on any atom is -0.320 e. The van der Waals surface area contributed by atoms with E-state index in [-0.39, 0.29) is 0 Å². The topological polar surface area (TPSA) is 12.0 Å². The number of hydrogen-bond acceptors (Lipinski definition) is 2. The van der Waals surface area contributed by atoms with Gasteiger partial charge in [-0.3, -0.25) is 0 Å². The van der Waals surface area contributed by atoms with Crippen molar-refractivity contribution in [3.63, 3.8) is 0 Å². The molecule has 0 amide bonds. The summed E-state index contributed by atoms with van der Waals surface area (Å²) in [5.41, 5.74) is 0.638. The van der Waals surface area contributed by atoms with Crippen molar-refractivity contribution in [2.24, 2.45) is 5.41 Å². The van der Waals surface area contributed by atoms with E-state index >= 15 is 0 Å². The van der Waals surface area contributed by atoms with E-state index < -0.39 is 0 Å². The van der Waals surface area contributed by atoms with Crippen molar-refractivity contribution in [3.8, 4) is 0 Å². The zero-order chi connectivity index (χ0) is 12.8. The van der Waals surface area contributed by atoms with Crippen molar-refractivity contribution < 1.29 is 0 Å². The molecule has 18 heavy (non-hydrogen) atoms. The van der Waals surface area contributed by atoms with E-state index in [9.17, 15) is 0 Å². The van der Waals surface area contributed by atoms with Gasteiger partial charge in [0.2, 0.25) is 0 Å². The molecule has 1 aliphatic rings. The highest BCUT2D eigenvalue weighted by atomic mass is 32.1. The largest absolute Gasteiger partial charge is 0.320 e. The Labute approximate surface area is 116 Å². The Morgan fingerprint density at radius 3 is 2.56 bits per heavy atom. The van der Waals surface area contributed by atoms with E-state index in [1.165, 1.54) is 62.8 Å². The van der Waals surface area contributed by atoms with Crippen LogP contribution in [-0.4, -0.2) is 13.6 Å². The zero-order valence-electron chi connectivity index (χ0n) is 11.9. The molecule has 1 heterocycles. The van der Waals surface area contributed by atoms with Crippen molar-refractivity contribution in [2.75, 3.05) is 13.6 Å². The van der Waals surface area contributed by atoms with Crippen molar-refractivity contribution >= 4 is 11.3 Å². The lowest BCUT2D eigenvalue weighted by molar-refractivity contribution is 0.158. The summed E-state index contributed by atoms with van der Waals surface area (Å²) >= 11 is 1.98. The second-order valence-electron chi connectivity index (χ2n) is 5.93. The summed E-state index contributed by atoms with van der Waals surface area (Å²) in [7, 11) is 2.08. The molecule has 1 N–H and O–H groups in total. The van der Waals surface area contributed by atoms with Crippen molar-refractivity contribution in [3.05, 3.63) is 21.9 Å². The molecule has 0 aromatic carbocycles. The molecule has 0 aliphatic heterocycles. The van der Waals surface area contributed by atoms with E-state index in [0.29, 0.717) is 5.41 Å². The highest BCUT2D eigenvalue weighted by molar-refractivity contribution is 7.11. The lowest BCUT2D eigenvalue weighted by atomic mass is 9.69. The van der Waals surface area contributed by atoms with Crippen LogP contribution in [0.3, 0.4) is 0 Å². The van der Waals surface area contributed by atoms with E-state index in [1.54, 1.807) is 4.88 Å². The Bertz CT molecular complexity index is 350. The molecule has 102 valence electrons. The average molecular weight is 265 g/mol. The van der Waals surface area contributed by atoms with Gasteiger partial charge in [-0.2, -0.15) is 0 Å². The van der Waals surface area contributed by atoms with Crippen LogP contribution < -0.4 is 5.32 Å². The van der Waals surface area contributed by atoms with Crippen LogP contribution in [0.25, 0.3) is 0 Å². The smallest absolute Gasteiger partial charge is 0.00482 e. The van der Waals surface area contributed by atoms with E-state index in [0.717, 1.165) is 0 Å². The van der Waals surface area contributed by atoms with Gasteiger partial charge in [-0.1, -0.05) is 19.3 Å². The van der Waals surface area contributed by atoms with Gasteiger partial charge in [0.15, 0.2) is 0 Å². The Morgan fingerprint density at radius 2 is 1.94 bits per heavy atom. The van der Waals surface area contributed by atoms with Gasteiger partial charge >= 0.3 is 0 Å². The third kappa shape index (κ3) is 3.83. The van der Waals surface area contributed by atoms with Crippen LogP contribution in [0.5, 0.6) is 0 Å². The molecule has 0 unspecified atom stereocenters. The van der Waals surface area contributed by atoms with Gasteiger partial charge in [0.25, 0.3) is 0 Å². The van der Waals surface area contributed by atoms with Crippen molar-refractivity contribution in [1.82, 2.24) is 5.32 Å². The summed E-state index contributed by atoms with van der Waals surface area (Å²) in [5, 5.41) is 3.34. The van der Waals surface area contributed by atoms with Crippen LogP contribution in [-0.2, 0) is 6.42 Å². The monoisotopic (exact) mass is 265 g/mol. The first kappa shape index (κ1) is 14.1. The number of rotatable bonds is 6. The Morgan fingerprint density at radius 1 is 1.17 bits per heavy atom. The molecule has 1 aromatic rings. The molecule has 2 rings (SSSR count). The zero-order valence-corrected chi connectivity index (χ0v) is 12.7. The molecule has 1 nitrogen and oxygen atoms in total. The minimum atomic E-state index is 0.638. The lowest BCUT2D eigenvalue weighted by Gasteiger charge is -2.37. The summed E-state index contributed by atoms with van der Waals surface area (Å²) in [6.07, 6.45) is 11.3. The SMILES string of the molecule is CNCCC1(CCc2ccc(C)s2)CCCCC1. The minimum absolute atomic E-state index is 0.638. The average Bonchev–Trinajstić information content (AvgIpc) is 2.81. The summed E-state index contributed by atoms with van der Waals surface area (Å²) in [5.74, 6) is 0. The van der Waals surface area contributed by atoms with E-state index in [1.807, 2.05) is 11.3 Å². The van der Waals surface area contributed by atoms with E-state index in [4.69, 9.17) is 0 Å². The number of thiophene rings is 1. The van der Waals surface area contributed by atoms with Crippen LogP contribution in [0.1, 0.15) is 54.7 Å². The van der Waals surface area contributed by atoms with Crippen LogP contribution in [0.2, 0.25) is 0 Å². The molecule has 0 atom stereocenters. The second-order valence-corrected chi connectivity index (χ2v) is 7.30. The van der Waals surface area contributed by atoms with Gasteiger partial charge in [-0.25, -0.2) is 0 Å². The van der Waals surface area contributed by atoms with Crippen LogP contribution in [0.15, 0.2) is 12.1 Å². The summed E-state index contributed by atoms with van der Waals surface area (Å²) in [4.78, 5) is 3.04. The maximum absolute atomic E-state index is 3.34. The Kier molecular flexibility index (Phi) is 5.25. The number of nitrogens with one attached hydrogen (secondary N) is 1. The first-order valence-corrected chi connectivity index (χ1v) is 8.26. The third-order valence-corrected chi connectivity index (χ3v) is 5.58. The molecular formula is C16H27NS. The Hall–Kier alpha value is -0.340. The standard InChI is InChI=1S/C16H27NS/c1-14-6-7-15(18-14)8-11-16(12-13-17-2)9-4-3-5-10-16/h6-7,17H,3-5,8-13H2,1-2H3. The second kappa shape index (κ2) is 6.72. The molecule has 0 radical (unpaired) electrons. The van der Waals surface area contributed by atoms with Crippen LogP contribution in [0, 0.1) is 12.3 Å². The van der Waals surface area contributed by atoms with Gasteiger partial charge in [-0.15, -0.1) is 11.3 Å². The fraction of sp³-hybridized carbons (Fsp3) is 0.750. The molecular weight excluding hydrogens is 238 g/mol. The Balaban J connectivity index is 1.91. The van der Waals surface area contributed by atoms with E-state index in [2.05, 4.69) is 31.4 Å². The first-order valence-electron chi connectivity index (χ1n) is 7.44. The molecule has 1 saturated carbocycles. The maximum Gasteiger partial charge on any atom is 0.00482 e. The number of aryl methyl sites for hydroxylation is 2. The quantitative estimate of drug-likeness (QED) is 0.795. The molecule has 0 bridgehead atoms. The molecule has 2 heteroatoms. The third-order valence-electron chi connectivity index (χ3n) is 4.52. The van der Waals surface area contributed by atoms with Crippen molar-refractivity contribution in [1.29, 1.82) is 0 Å². The molecule has 0 spiro atoms. The summed E-state index contributed by atoms with van der Waals surface area (Å²) in [6, 6.07) is 4.59. The van der Waals surface area contributed by atoms with Crippen LogP contribution in [0.4, 0.5) is 0 Å². The fourth-order valence-corrected chi connectivity index (χ4v) is 4.21. The van der Waals surface area contributed by atoms with Crippen LogP contribution >= 0.6 is 11.3 Å². The highest BCUT2D eigenvalue weighted by Crippen LogP contribution is 2.43. The van der Waals surface area contributed by atoms with Gasteiger partial charge in [0.05, 0.1) is 0 Å². The number of hydrogen-bond donors (Lipinski definition) is 1. The molecule has 0 saturated heterocycles. The maximum atomic E-state index is 3.34. The summed E-state index contributed by atoms with van der Waals surface area (Å²) in [6.45, 7) is 3.40. The predicted molar refractivity (Wildman–Crippen MR) is 81.4 cm³/mol. The normalized spacial score (nSPS) is 19.0. The van der Waals surface area contributed by atoms with Gasteiger partial charge < -0.3 is 5.32 Å². The van der Waals surface area contributed by atoms with Crippen molar-refractivity contribution in [2.45, 2.75) is 58.3 Å². The molecule has 1 aliphatic carbocycles. The van der Waals surface area contributed by atoms with Gasteiger partial charge in [0.1, 0.15) is 0 Å². The van der Waals surface area contributed by atoms with Gasteiger partial charge in [-0.05, 0) is 70.2 Å². The first-order chi connectivity index (χ1) is 8.74. The molecule has 1 fully saturated rings. The van der Waals surface area contributed by atoms with Gasteiger partial charge in [0, 0.05) is 9.75 Å². The summed E-state index contributed by atoms with van der Waals surface area (Å²) < 4.78 is 0. The highest BCUT2D eigenvalue weighted by Gasteiger charge is 2.30. The fourth-order valence-electron chi connectivity index (χ4n) is 3.32. The molecule has 1 aromatic heterocycles. The predicted octanol–water partition coefficient (Wildman–Crippen LogP) is 4.55. The lowest BCUT2D eigenvalue weighted by Crippen LogP contribution is -2.28.